The van der Waals surface area contributed by atoms with Crippen LogP contribution in [-0.4, -0.2) is 86.6 Å². The Bertz CT molecular complexity index is 256. The molecule has 2 aliphatic heterocycles. The Labute approximate surface area is 97.4 Å². The Hall–Kier alpha value is -0.650. The number of rotatable bonds is 3. The predicted octanol–water partition coefficient (Wildman–Crippen LogP) is -1.34. The lowest BCUT2D eigenvalue weighted by Gasteiger charge is -2.44. The lowest BCUT2D eigenvalue weighted by molar-refractivity contribution is -0.140. The van der Waals surface area contributed by atoms with Gasteiger partial charge in [0, 0.05) is 39.3 Å². The topological polar surface area (TPSA) is 38.8 Å². The lowest BCUT2D eigenvalue weighted by atomic mass is 10.1. The van der Waals surface area contributed by atoms with E-state index < -0.39 is 0 Å². The van der Waals surface area contributed by atoms with Crippen molar-refractivity contribution in [2.45, 2.75) is 6.04 Å². The summed E-state index contributed by atoms with van der Waals surface area (Å²) in [6.45, 7) is 6.41. The van der Waals surface area contributed by atoms with Gasteiger partial charge in [-0.25, -0.2) is 0 Å². The summed E-state index contributed by atoms with van der Waals surface area (Å²) in [5.41, 5.74) is 0. The second kappa shape index (κ2) is 5.12. The summed E-state index contributed by atoms with van der Waals surface area (Å²) in [4.78, 5) is 18.4. The van der Waals surface area contributed by atoms with Crippen LogP contribution in [0, 0.1) is 0 Å². The first-order valence-electron chi connectivity index (χ1n) is 6.04. The molecule has 0 bridgehead atoms. The normalized spacial score (nSPS) is 27.3. The fourth-order valence-corrected chi connectivity index (χ4v) is 2.41. The molecule has 1 N–H and O–H groups in total. The molecule has 0 aromatic heterocycles. The number of hydrogen-bond donors (Lipinski definition) is 1. The first-order valence-corrected chi connectivity index (χ1v) is 6.04. The average Bonchev–Trinajstić information content (AvgIpc) is 2.26. The molecular weight excluding hydrogens is 204 g/mol. The molecule has 5 heteroatoms. The minimum atomic E-state index is 0.302. The van der Waals surface area contributed by atoms with Crippen molar-refractivity contribution in [3.05, 3.63) is 0 Å². The summed E-state index contributed by atoms with van der Waals surface area (Å²) in [7, 11) is 4.14. The van der Waals surface area contributed by atoms with E-state index in [0.717, 1.165) is 39.3 Å². The zero-order chi connectivity index (χ0) is 11.5. The maximum absolute atomic E-state index is 11.9. The molecule has 16 heavy (non-hydrogen) atoms. The molecule has 1 amide bonds. The first-order chi connectivity index (χ1) is 7.66. The van der Waals surface area contributed by atoms with Gasteiger partial charge in [-0.2, -0.15) is 0 Å². The molecular formula is C11H22N4O. The van der Waals surface area contributed by atoms with Crippen LogP contribution in [0.1, 0.15) is 0 Å². The van der Waals surface area contributed by atoms with Gasteiger partial charge in [0.25, 0.3) is 0 Å². The monoisotopic (exact) mass is 226 g/mol. The molecule has 2 saturated heterocycles. The summed E-state index contributed by atoms with van der Waals surface area (Å²) in [5, 5.41) is 3.36. The third kappa shape index (κ3) is 2.72. The second-order valence-electron chi connectivity index (χ2n) is 4.98. The van der Waals surface area contributed by atoms with E-state index in [9.17, 15) is 4.79 Å². The number of nitrogens with one attached hydrogen (secondary N) is 1. The summed E-state index contributed by atoms with van der Waals surface area (Å²) in [6, 6.07) is 0.386. The Morgan fingerprint density at radius 3 is 3.06 bits per heavy atom. The molecule has 5 nitrogen and oxygen atoms in total. The number of carbonyl (C=O) groups is 1. The summed E-state index contributed by atoms with van der Waals surface area (Å²) in [6.07, 6.45) is 0. The molecule has 2 rings (SSSR count). The van der Waals surface area contributed by atoms with E-state index in [1.807, 2.05) is 4.90 Å². The van der Waals surface area contributed by atoms with Gasteiger partial charge in [-0.15, -0.1) is 0 Å². The maximum atomic E-state index is 11.9. The number of nitrogens with zero attached hydrogens (tertiary/aromatic N) is 3. The van der Waals surface area contributed by atoms with Gasteiger partial charge in [0.15, 0.2) is 0 Å². The van der Waals surface area contributed by atoms with Crippen molar-refractivity contribution in [3.63, 3.8) is 0 Å². The van der Waals surface area contributed by atoms with Gasteiger partial charge >= 0.3 is 0 Å². The van der Waals surface area contributed by atoms with E-state index in [2.05, 4.69) is 29.2 Å². The van der Waals surface area contributed by atoms with Crippen LogP contribution >= 0.6 is 0 Å². The van der Waals surface area contributed by atoms with Crippen LogP contribution in [-0.2, 0) is 4.79 Å². The highest BCUT2D eigenvalue weighted by molar-refractivity contribution is 5.79. The van der Waals surface area contributed by atoms with Gasteiger partial charge < -0.3 is 15.1 Å². The standard InChI is InChI=1S/C11H22N4O/c1-13(2)5-6-14-8-10-7-12-3-4-15(10)11(16)9-14/h10,12H,3-9H2,1-2H3. The third-order valence-electron chi connectivity index (χ3n) is 3.36. The fraction of sp³-hybridized carbons (Fsp3) is 0.909. The number of piperazine rings is 2. The van der Waals surface area contributed by atoms with E-state index in [1.165, 1.54) is 0 Å². The van der Waals surface area contributed by atoms with Crippen LogP contribution in [0.15, 0.2) is 0 Å². The van der Waals surface area contributed by atoms with Crippen LogP contribution in [0.3, 0.4) is 0 Å². The molecule has 2 heterocycles. The molecule has 0 saturated carbocycles. The molecule has 1 unspecified atom stereocenters. The Kier molecular flexibility index (Phi) is 3.78. The second-order valence-corrected chi connectivity index (χ2v) is 4.98. The lowest BCUT2D eigenvalue weighted by Crippen LogP contribution is -2.63. The Morgan fingerprint density at radius 2 is 2.31 bits per heavy atom. The number of fused-ring (bicyclic) bond motifs is 1. The summed E-state index contributed by atoms with van der Waals surface area (Å²) in [5.74, 6) is 0.302. The fourth-order valence-electron chi connectivity index (χ4n) is 2.41. The van der Waals surface area contributed by atoms with Crippen LogP contribution in [0.2, 0.25) is 0 Å². The minimum absolute atomic E-state index is 0.302. The number of amides is 1. The van der Waals surface area contributed by atoms with Crippen molar-refractivity contribution < 1.29 is 4.79 Å². The van der Waals surface area contributed by atoms with Crippen molar-refractivity contribution in [2.75, 3.05) is 59.9 Å². The molecule has 1 atom stereocenters. The first kappa shape index (κ1) is 11.8. The Morgan fingerprint density at radius 1 is 1.50 bits per heavy atom. The molecule has 0 spiro atoms. The van der Waals surface area contributed by atoms with Crippen LogP contribution < -0.4 is 5.32 Å². The highest BCUT2D eigenvalue weighted by Crippen LogP contribution is 2.12. The van der Waals surface area contributed by atoms with Crippen molar-refractivity contribution in [2.24, 2.45) is 0 Å². The van der Waals surface area contributed by atoms with E-state index in [0.29, 0.717) is 18.5 Å². The van der Waals surface area contributed by atoms with E-state index in [4.69, 9.17) is 0 Å². The highest BCUT2D eigenvalue weighted by atomic mass is 16.2. The van der Waals surface area contributed by atoms with Gasteiger partial charge in [0.2, 0.25) is 5.91 Å². The zero-order valence-electron chi connectivity index (χ0n) is 10.3. The number of hydrogen-bond acceptors (Lipinski definition) is 4. The third-order valence-corrected chi connectivity index (χ3v) is 3.36. The number of likely N-dealkylation sites (N-methyl/N-ethyl adjacent to an activating group) is 1. The largest absolute Gasteiger partial charge is 0.335 e. The quantitative estimate of drug-likeness (QED) is 0.647. The molecule has 2 aliphatic rings. The SMILES string of the molecule is CN(C)CCN1CC(=O)N2CCNCC2C1. The van der Waals surface area contributed by atoms with E-state index in [-0.39, 0.29) is 0 Å². The Balaban J connectivity index is 1.87. The van der Waals surface area contributed by atoms with Gasteiger partial charge in [-0.1, -0.05) is 0 Å². The van der Waals surface area contributed by atoms with Crippen LogP contribution in [0.4, 0.5) is 0 Å². The van der Waals surface area contributed by atoms with Gasteiger partial charge in [0.05, 0.1) is 12.6 Å². The van der Waals surface area contributed by atoms with Gasteiger partial charge in [-0.3, -0.25) is 9.69 Å². The average molecular weight is 226 g/mol. The van der Waals surface area contributed by atoms with E-state index in [1.54, 1.807) is 0 Å². The maximum Gasteiger partial charge on any atom is 0.237 e. The summed E-state index contributed by atoms with van der Waals surface area (Å²) >= 11 is 0. The van der Waals surface area contributed by atoms with Crippen molar-refractivity contribution in [1.29, 1.82) is 0 Å². The van der Waals surface area contributed by atoms with Gasteiger partial charge in [0.1, 0.15) is 0 Å². The minimum Gasteiger partial charge on any atom is -0.335 e. The molecule has 92 valence electrons. The molecule has 0 aromatic carbocycles. The van der Waals surface area contributed by atoms with Crippen LogP contribution in [0.25, 0.3) is 0 Å². The summed E-state index contributed by atoms with van der Waals surface area (Å²) < 4.78 is 0. The predicted molar refractivity (Wildman–Crippen MR) is 63.4 cm³/mol. The number of carbonyl (C=O) groups excluding carboxylic acids is 1. The van der Waals surface area contributed by atoms with E-state index >= 15 is 0 Å². The highest BCUT2D eigenvalue weighted by Gasteiger charge is 2.33. The molecule has 2 fully saturated rings. The van der Waals surface area contributed by atoms with Crippen molar-refractivity contribution >= 4 is 5.91 Å². The zero-order valence-corrected chi connectivity index (χ0v) is 10.3. The van der Waals surface area contributed by atoms with Crippen molar-refractivity contribution in [3.8, 4) is 0 Å². The smallest absolute Gasteiger partial charge is 0.237 e. The van der Waals surface area contributed by atoms with Crippen LogP contribution in [0.5, 0.6) is 0 Å². The van der Waals surface area contributed by atoms with Crippen molar-refractivity contribution in [1.82, 2.24) is 20.0 Å². The molecule has 0 aromatic rings. The van der Waals surface area contributed by atoms with Gasteiger partial charge in [-0.05, 0) is 14.1 Å². The molecule has 0 radical (unpaired) electrons. The molecule has 0 aliphatic carbocycles.